The summed E-state index contributed by atoms with van der Waals surface area (Å²) in [7, 11) is 0. The molecule has 0 radical (unpaired) electrons. The molecule has 2 fully saturated rings. The van der Waals surface area contributed by atoms with Crippen LogP contribution >= 0.6 is 0 Å². The molecular formula is C12H18N4. The molecule has 16 heavy (non-hydrogen) atoms. The summed E-state index contributed by atoms with van der Waals surface area (Å²) in [6, 6.07) is 3.27. The van der Waals surface area contributed by atoms with Gasteiger partial charge in [-0.3, -0.25) is 4.90 Å². The summed E-state index contributed by atoms with van der Waals surface area (Å²) in [4.78, 5) is 11.1. The topological polar surface area (TPSA) is 41.1 Å². The zero-order chi connectivity index (χ0) is 10.8. The van der Waals surface area contributed by atoms with E-state index in [-0.39, 0.29) is 0 Å². The van der Waals surface area contributed by atoms with Gasteiger partial charge in [-0.1, -0.05) is 0 Å². The van der Waals surface area contributed by atoms with Crippen LogP contribution in [0.1, 0.15) is 25.1 Å². The summed E-state index contributed by atoms with van der Waals surface area (Å²) in [5.41, 5.74) is 0. The van der Waals surface area contributed by atoms with Gasteiger partial charge in [-0.15, -0.1) is 0 Å². The van der Waals surface area contributed by atoms with E-state index in [1.807, 2.05) is 6.07 Å². The van der Waals surface area contributed by atoms with Crippen molar-refractivity contribution in [2.45, 2.75) is 37.9 Å². The van der Waals surface area contributed by atoms with Crippen molar-refractivity contribution < 1.29 is 0 Å². The Labute approximate surface area is 96.1 Å². The molecule has 86 valence electrons. The van der Waals surface area contributed by atoms with Crippen LogP contribution in [0.25, 0.3) is 0 Å². The van der Waals surface area contributed by atoms with E-state index in [2.05, 4.69) is 20.2 Å². The lowest BCUT2D eigenvalue weighted by Crippen LogP contribution is -2.38. The average molecular weight is 218 g/mol. The van der Waals surface area contributed by atoms with Gasteiger partial charge >= 0.3 is 0 Å². The molecule has 4 heteroatoms. The van der Waals surface area contributed by atoms with Crippen LogP contribution in [0.15, 0.2) is 18.5 Å². The third-order valence-electron chi connectivity index (χ3n) is 3.75. The number of nitrogens with zero attached hydrogens (tertiary/aromatic N) is 3. The summed E-state index contributed by atoms with van der Waals surface area (Å²) >= 11 is 0. The normalized spacial score (nSPS) is 29.5. The Morgan fingerprint density at radius 2 is 2.12 bits per heavy atom. The molecule has 2 atom stereocenters. The summed E-state index contributed by atoms with van der Waals surface area (Å²) < 4.78 is 0. The van der Waals surface area contributed by atoms with E-state index in [1.54, 1.807) is 12.4 Å². The minimum absolute atomic E-state index is 0.645. The standard InChI is InChI=1S/C12H18N4/c1-3-11-10(4-8-16(11)7-1)15-9-12-13-5-2-6-14-12/h2,5-6,10-11,15H,1,3-4,7-9H2. The van der Waals surface area contributed by atoms with Gasteiger partial charge in [-0.25, -0.2) is 9.97 Å². The van der Waals surface area contributed by atoms with Crippen LogP contribution in [0.3, 0.4) is 0 Å². The Morgan fingerprint density at radius 3 is 3.00 bits per heavy atom. The fourth-order valence-corrected chi connectivity index (χ4v) is 2.96. The zero-order valence-electron chi connectivity index (χ0n) is 9.47. The SMILES string of the molecule is c1cnc(CNC2CCN3CCCC23)nc1. The lowest BCUT2D eigenvalue weighted by molar-refractivity contribution is 0.298. The van der Waals surface area contributed by atoms with Gasteiger partial charge in [0.05, 0.1) is 6.54 Å². The molecule has 1 aromatic rings. The second-order valence-corrected chi connectivity index (χ2v) is 4.69. The minimum Gasteiger partial charge on any atom is -0.305 e. The van der Waals surface area contributed by atoms with E-state index in [4.69, 9.17) is 0 Å². The van der Waals surface area contributed by atoms with Crippen LogP contribution in [0.5, 0.6) is 0 Å². The lowest BCUT2D eigenvalue weighted by Gasteiger charge is -2.20. The largest absolute Gasteiger partial charge is 0.305 e. The van der Waals surface area contributed by atoms with Crippen LogP contribution in [0.2, 0.25) is 0 Å². The number of hydrogen-bond donors (Lipinski definition) is 1. The monoisotopic (exact) mass is 218 g/mol. The molecular weight excluding hydrogens is 200 g/mol. The minimum atomic E-state index is 0.645. The Hall–Kier alpha value is -1.00. The first kappa shape index (κ1) is 10.2. The van der Waals surface area contributed by atoms with Crippen LogP contribution in [-0.2, 0) is 6.54 Å². The quantitative estimate of drug-likeness (QED) is 0.815. The summed E-state index contributed by atoms with van der Waals surface area (Å²) in [6.07, 6.45) is 7.61. The van der Waals surface area contributed by atoms with E-state index < -0.39 is 0 Å². The van der Waals surface area contributed by atoms with E-state index in [0.717, 1.165) is 18.4 Å². The number of aromatic nitrogens is 2. The third kappa shape index (κ3) is 1.95. The Kier molecular flexibility index (Phi) is 2.84. The molecule has 1 N–H and O–H groups in total. The Balaban J connectivity index is 1.56. The van der Waals surface area contributed by atoms with Gasteiger partial charge in [-0.2, -0.15) is 0 Å². The predicted molar refractivity (Wildman–Crippen MR) is 61.9 cm³/mol. The molecule has 2 aliphatic rings. The highest BCUT2D eigenvalue weighted by Crippen LogP contribution is 2.27. The van der Waals surface area contributed by atoms with E-state index in [9.17, 15) is 0 Å². The molecule has 2 unspecified atom stereocenters. The number of nitrogens with one attached hydrogen (secondary N) is 1. The summed E-state index contributed by atoms with van der Waals surface area (Å²) in [6.45, 7) is 3.36. The van der Waals surface area contributed by atoms with Gasteiger partial charge in [0.15, 0.2) is 0 Å². The third-order valence-corrected chi connectivity index (χ3v) is 3.75. The maximum Gasteiger partial charge on any atom is 0.141 e. The first-order valence-electron chi connectivity index (χ1n) is 6.17. The first-order valence-corrected chi connectivity index (χ1v) is 6.17. The maximum atomic E-state index is 4.24. The molecule has 1 aromatic heterocycles. The molecule has 3 rings (SSSR count). The van der Waals surface area contributed by atoms with Crippen LogP contribution in [0, 0.1) is 0 Å². The van der Waals surface area contributed by atoms with Crippen molar-refractivity contribution in [3.63, 3.8) is 0 Å². The van der Waals surface area contributed by atoms with Crippen LogP contribution < -0.4 is 5.32 Å². The Bertz CT molecular complexity index is 340. The van der Waals surface area contributed by atoms with Crippen molar-refractivity contribution in [3.8, 4) is 0 Å². The van der Waals surface area contributed by atoms with Gasteiger partial charge in [0.25, 0.3) is 0 Å². The van der Waals surface area contributed by atoms with E-state index in [1.165, 1.54) is 32.4 Å². The molecule has 0 saturated carbocycles. The molecule has 0 amide bonds. The average Bonchev–Trinajstić information content (AvgIpc) is 2.90. The van der Waals surface area contributed by atoms with Gasteiger partial charge < -0.3 is 5.32 Å². The van der Waals surface area contributed by atoms with Crippen LogP contribution in [-0.4, -0.2) is 40.0 Å². The van der Waals surface area contributed by atoms with Crippen molar-refractivity contribution in [3.05, 3.63) is 24.3 Å². The smallest absolute Gasteiger partial charge is 0.141 e. The van der Waals surface area contributed by atoms with E-state index in [0.29, 0.717) is 6.04 Å². The fraction of sp³-hybridized carbons (Fsp3) is 0.667. The van der Waals surface area contributed by atoms with Gasteiger partial charge in [-0.05, 0) is 31.9 Å². The number of fused-ring (bicyclic) bond motifs is 1. The highest BCUT2D eigenvalue weighted by Gasteiger charge is 2.36. The highest BCUT2D eigenvalue weighted by molar-refractivity contribution is 4.97. The molecule has 2 aliphatic heterocycles. The molecule has 0 spiro atoms. The zero-order valence-corrected chi connectivity index (χ0v) is 9.47. The molecule has 0 aromatic carbocycles. The molecule has 0 aliphatic carbocycles. The van der Waals surface area contributed by atoms with Crippen molar-refractivity contribution in [2.24, 2.45) is 0 Å². The van der Waals surface area contributed by atoms with Crippen molar-refractivity contribution in [1.29, 1.82) is 0 Å². The van der Waals surface area contributed by atoms with E-state index >= 15 is 0 Å². The highest BCUT2D eigenvalue weighted by atomic mass is 15.2. The first-order chi connectivity index (χ1) is 7.93. The van der Waals surface area contributed by atoms with Crippen molar-refractivity contribution in [2.75, 3.05) is 13.1 Å². The second kappa shape index (κ2) is 4.47. The van der Waals surface area contributed by atoms with Crippen molar-refractivity contribution >= 4 is 0 Å². The van der Waals surface area contributed by atoms with Crippen LogP contribution in [0.4, 0.5) is 0 Å². The van der Waals surface area contributed by atoms with Crippen molar-refractivity contribution in [1.82, 2.24) is 20.2 Å². The van der Waals surface area contributed by atoms with Gasteiger partial charge in [0, 0.05) is 31.0 Å². The second-order valence-electron chi connectivity index (χ2n) is 4.69. The molecule has 2 saturated heterocycles. The maximum absolute atomic E-state index is 4.24. The number of rotatable bonds is 3. The fourth-order valence-electron chi connectivity index (χ4n) is 2.96. The van der Waals surface area contributed by atoms with Gasteiger partial charge in [0.2, 0.25) is 0 Å². The summed E-state index contributed by atoms with van der Waals surface area (Å²) in [5, 5.41) is 3.60. The summed E-state index contributed by atoms with van der Waals surface area (Å²) in [5.74, 6) is 0.902. The molecule has 4 nitrogen and oxygen atoms in total. The Morgan fingerprint density at radius 1 is 1.25 bits per heavy atom. The van der Waals surface area contributed by atoms with Gasteiger partial charge in [0.1, 0.15) is 5.82 Å². The number of hydrogen-bond acceptors (Lipinski definition) is 4. The predicted octanol–water partition coefficient (Wildman–Crippen LogP) is 0.803. The molecule has 0 bridgehead atoms. The molecule has 3 heterocycles. The lowest BCUT2D eigenvalue weighted by atomic mass is 10.1.